The number of nitrogens with one attached hydrogen (secondary N) is 1. The summed E-state index contributed by atoms with van der Waals surface area (Å²) in [6.45, 7) is 0. The highest BCUT2D eigenvalue weighted by Crippen LogP contribution is 2.31. The molecular weight excluding hydrogens is 376 g/mol. The Morgan fingerprint density at radius 1 is 0.700 bits per heavy atom. The van der Waals surface area contributed by atoms with Gasteiger partial charge < -0.3 is 0 Å². The fourth-order valence-corrected chi connectivity index (χ4v) is 3.82. The number of amides is 4. The molecular formula is C25H16N2O3. The van der Waals surface area contributed by atoms with Gasteiger partial charge in [-0.05, 0) is 51.4 Å². The molecule has 0 unspecified atom stereocenters. The molecule has 5 heteroatoms. The molecule has 0 atom stereocenters. The van der Waals surface area contributed by atoms with E-state index in [9.17, 15) is 14.4 Å². The Bertz CT molecular complexity index is 1320. The number of benzene rings is 4. The molecule has 30 heavy (non-hydrogen) atoms. The van der Waals surface area contributed by atoms with Crippen molar-refractivity contribution in [2.45, 2.75) is 0 Å². The van der Waals surface area contributed by atoms with Crippen molar-refractivity contribution in [1.82, 2.24) is 5.32 Å². The van der Waals surface area contributed by atoms with Crippen LogP contribution in [-0.4, -0.2) is 17.8 Å². The van der Waals surface area contributed by atoms with Gasteiger partial charge in [-0.15, -0.1) is 0 Å². The van der Waals surface area contributed by atoms with E-state index in [2.05, 4.69) is 11.4 Å². The van der Waals surface area contributed by atoms with Crippen molar-refractivity contribution < 1.29 is 14.4 Å². The largest absolute Gasteiger partial charge is 0.335 e. The number of hydrogen-bond acceptors (Lipinski definition) is 3. The van der Waals surface area contributed by atoms with Crippen molar-refractivity contribution in [3.63, 3.8) is 0 Å². The van der Waals surface area contributed by atoms with E-state index in [1.54, 1.807) is 36.4 Å². The van der Waals surface area contributed by atoms with Gasteiger partial charge in [-0.2, -0.15) is 0 Å². The van der Waals surface area contributed by atoms with Gasteiger partial charge in [0.1, 0.15) is 5.57 Å². The number of para-hydroxylation sites is 1. The Hall–Kier alpha value is -4.25. The molecule has 1 N–H and O–H groups in total. The summed E-state index contributed by atoms with van der Waals surface area (Å²) in [5, 5.41) is 6.14. The first kappa shape index (κ1) is 17.8. The Morgan fingerprint density at radius 2 is 1.27 bits per heavy atom. The first-order chi connectivity index (χ1) is 14.6. The topological polar surface area (TPSA) is 66.5 Å². The molecule has 0 radical (unpaired) electrons. The highest BCUT2D eigenvalue weighted by atomic mass is 16.2. The minimum atomic E-state index is -0.754. The fraction of sp³-hybridized carbons (Fsp3) is 0. The molecule has 1 aliphatic heterocycles. The molecule has 4 amide bonds. The number of fused-ring (bicyclic) bond motifs is 2. The molecule has 144 valence electrons. The van der Waals surface area contributed by atoms with Crippen molar-refractivity contribution in [1.29, 1.82) is 0 Å². The summed E-state index contributed by atoms with van der Waals surface area (Å²) < 4.78 is 0. The zero-order valence-corrected chi connectivity index (χ0v) is 15.8. The quantitative estimate of drug-likeness (QED) is 0.307. The lowest BCUT2D eigenvalue weighted by Gasteiger charge is -2.26. The second kappa shape index (κ2) is 6.97. The van der Waals surface area contributed by atoms with Crippen molar-refractivity contribution in [2.75, 3.05) is 4.90 Å². The van der Waals surface area contributed by atoms with Gasteiger partial charge in [-0.3, -0.25) is 14.9 Å². The summed E-state index contributed by atoms with van der Waals surface area (Å²) >= 11 is 0. The summed E-state index contributed by atoms with van der Waals surface area (Å²) in [5.41, 5.74) is 1.09. The van der Waals surface area contributed by atoms with E-state index in [4.69, 9.17) is 0 Å². The van der Waals surface area contributed by atoms with E-state index in [0.717, 1.165) is 32.0 Å². The van der Waals surface area contributed by atoms with Crippen LogP contribution in [0.4, 0.5) is 10.5 Å². The number of imide groups is 2. The van der Waals surface area contributed by atoms with Crippen molar-refractivity contribution >= 4 is 51.2 Å². The van der Waals surface area contributed by atoms with Crippen LogP contribution in [0, 0.1) is 0 Å². The zero-order valence-electron chi connectivity index (χ0n) is 15.8. The minimum absolute atomic E-state index is 0.0834. The highest BCUT2D eigenvalue weighted by molar-refractivity contribution is 6.39. The lowest BCUT2D eigenvalue weighted by Crippen LogP contribution is -2.54. The van der Waals surface area contributed by atoms with E-state index in [0.29, 0.717) is 5.69 Å². The molecule has 4 aromatic carbocycles. The third-order valence-electron chi connectivity index (χ3n) is 5.22. The lowest BCUT2D eigenvalue weighted by atomic mass is 9.94. The van der Waals surface area contributed by atoms with Gasteiger partial charge in [0.2, 0.25) is 0 Å². The molecule has 5 rings (SSSR count). The lowest BCUT2D eigenvalue weighted by molar-refractivity contribution is -0.122. The van der Waals surface area contributed by atoms with E-state index in [1.165, 1.54) is 0 Å². The van der Waals surface area contributed by atoms with Gasteiger partial charge in [-0.1, -0.05) is 66.7 Å². The van der Waals surface area contributed by atoms with Crippen LogP contribution in [0.25, 0.3) is 27.6 Å². The van der Waals surface area contributed by atoms with Gasteiger partial charge in [0.05, 0.1) is 5.69 Å². The monoisotopic (exact) mass is 392 g/mol. The van der Waals surface area contributed by atoms with E-state index < -0.39 is 17.8 Å². The van der Waals surface area contributed by atoms with E-state index >= 15 is 0 Å². The second-order valence-electron chi connectivity index (χ2n) is 7.03. The molecule has 0 saturated carbocycles. The Morgan fingerprint density at radius 3 is 1.90 bits per heavy atom. The molecule has 0 bridgehead atoms. The normalized spacial score (nSPS) is 15.8. The molecule has 5 nitrogen and oxygen atoms in total. The van der Waals surface area contributed by atoms with Crippen LogP contribution < -0.4 is 10.2 Å². The molecule has 1 aliphatic rings. The highest BCUT2D eigenvalue weighted by Gasteiger charge is 2.36. The predicted molar refractivity (Wildman–Crippen MR) is 117 cm³/mol. The summed E-state index contributed by atoms with van der Waals surface area (Å²) in [5.74, 6) is -1.35. The van der Waals surface area contributed by atoms with Gasteiger partial charge in [0, 0.05) is 0 Å². The summed E-state index contributed by atoms with van der Waals surface area (Å²) in [6.07, 6.45) is 1.59. The minimum Gasteiger partial charge on any atom is -0.273 e. The Balaban J connectivity index is 1.74. The van der Waals surface area contributed by atoms with Crippen LogP contribution in [0.5, 0.6) is 0 Å². The number of urea groups is 1. The molecule has 4 aromatic rings. The molecule has 1 saturated heterocycles. The Kier molecular flexibility index (Phi) is 4.14. The molecule has 0 spiro atoms. The first-order valence-electron chi connectivity index (χ1n) is 9.50. The fourth-order valence-electron chi connectivity index (χ4n) is 3.82. The van der Waals surface area contributed by atoms with Crippen molar-refractivity contribution in [3.8, 4) is 0 Å². The van der Waals surface area contributed by atoms with Crippen molar-refractivity contribution in [2.24, 2.45) is 0 Å². The number of hydrogen-bond donors (Lipinski definition) is 1. The zero-order chi connectivity index (χ0) is 20.7. The van der Waals surface area contributed by atoms with Gasteiger partial charge in [0.25, 0.3) is 11.8 Å². The summed E-state index contributed by atoms with van der Waals surface area (Å²) in [4.78, 5) is 39.2. The maximum absolute atomic E-state index is 13.2. The number of nitrogens with zero attached hydrogens (tertiary/aromatic N) is 1. The maximum atomic E-state index is 13.2. The van der Waals surface area contributed by atoms with Crippen LogP contribution in [0.3, 0.4) is 0 Å². The second-order valence-corrected chi connectivity index (χ2v) is 7.03. The number of carbonyl (C=O) groups excluding carboxylic acids is 3. The van der Waals surface area contributed by atoms with Gasteiger partial charge in [-0.25, -0.2) is 9.69 Å². The van der Waals surface area contributed by atoms with Crippen molar-refractivity contribution in [3.05, 3.63) is 96.1 Å². The average molecular weight is 392 g/mol. The standard InChI is InChI=1S/C25H16N2O3/c28-23-22(24(29)27(25(30)26-23)18-10-2-1-3-11-18)15-21-19-12-6-4-8-16(19)14-17-9-5-7-13-20(17)21/h1-15H,(H,26,28,30)/b22-15+. The molecule has 0 aromatic heterocycles. The van der Waals surface area contributed by atoms with Crippen LogP contribution in [0.15, 0.2) is 90.5 Å². The third-order valence-corrected chi connectivity index (χ3v) is 5.22. The van der Waals surface area contributed by atoms with Crippen LogP contribution in [0.1, 0.15) is 5.56 Å². The predicted octanol–water partition coefficient (Wildman–Crippen LogP) is 4.66. The van der Waals surface area contributed by atoms with Crippen LogP contribution in [-0.2, 0) is 9.59 Å². The number of rotatable bonds is 2. The summed E-state index contributed by atoms with van der Waals surface area (Å²) in [6, 6.07) is 25.5. The van der Waals surface area contributed by atoms with E-state index in [1.807, 2.05) is 48.5 Å². The SMILES string of the molecule is O=C1NC(=O)N(c2ccccc2)C(=O)/C1=C/c1c2ccccc2cc2ccccc12. The molecule has 1 fully saturated rings. The van der Waals surface area contributed by atoms with Crippen LogP contribution in [0.2, 0.25) is 0 Å². The van der Waals surface area contributed by atoms with Gasteiger partial charge >= 0.3 is 6.03 Å². The van der Waals surface area contributed by atoms with Gasteiger partial charge in [0.15, 0.2) is 0 Å². The number of barbiturate groups is 1. The summed E-state index contributed by atoms with van der Waals surface area (Å²) in [7, 11) is 0. The smallest absolute Gasteiger partial charge is 0.273 e. The number of carbonyl (C=O) groups is 3. The third kappa shape index (κ3) is 2.84. The van der Waals surface area contributed by atoms with E-state index in [-0.39, 0.29) is 5.57 Å². The molecule has 1 heterocycles. The number of anilines is 1. The first-order valence-corrected chi connectivity index (χ1v) is 9.50. The maximum Gasteiger partial charge on any atom is 0.335 e. The van der Waals surface area contributed by atoms with Crippen LogP contribution >= 0.6 is 0 Å². The average Bonchev–Trinajstić information content (AvgIpc) is 2.76. The Labute approximate surface area is 172 Å². The molecule has 0 aliphatic carbocycles.